The molecule has 0 N–H and O–H groups in total. The lowest BCUT2D eigenvalue weighted by Gasteiger charge is -2.22. The van der Waals surface area contributed by atoms with Crippen LogP contribution >= 0.6 is 0 Å². The Morgan fingerprint density at radius 2 is 1.60 bits per heavy atom. The van der Waals surface area contributed by atoms with Crippen molar-refractivity contribution >= 4 is 0 Å². The lowest BCUT2D eigenvalue weighted by atomic mass is 9.83. The first kappa shape index (κ1) is 19.0. The van der Waals surface area contributed by atoms with Gasteiger partial charge in [-0.1, -0.05) is 83.4 Å². The van der Waals surface area contributed by atoms with Crippen LogP contribution in [0.4, 0.5) is 0 Å². The molecule has 1 rings (SSSR count). The molecular formula is C20H34. The van der Waals surface area contributed by atoms with Crippen molar-refractivity contribution in [3.8, 4) is 0 Å². The van der Waals surface area contributed by atoms with Gasteiger partial charge in [0.05, 0.1) is 0 Å². The van der Waals surface area contributed by atoms with E-state index in [1.807, 2.05) is 6.08 Å². The molecule has 0 amide bonds. The third-order valence-electron chi connectivity index (χ3n) is 3.82. The maximum atomic E-state index is 4.07. The van der Waals surface area contributed by atoms with Crippen LogP contribution in [0.3, 0.4) is 0 Å². The zero-order valence-electron chi connectivity index (χ0n) is 14.2. The molecule has 0 saturated heterocycles. The summed E-state index contributed by atoms with van der Waals surface area (Å²) in [7, 11) is 0. The van der Waals surface area contributed by atoms with Crippen molar-refractivity contribution in [1.82, 2.24) is 0 Å². The van der Waals surface area contributed by atoms with Gasteiger partial charge in [0, 0.05) is 0 Å². The zero-order valence-corrected chi connectivity index (χ0v) is 14.2. The Hall–Kier alpha value is -1.04. The Kier molecular flexibility index (Phi) is 11.1. The summed E-state index contributed by atoms with van der Waals surface area (Å²) in [5.41, 5.74) is 3.93. The number of allylic oxidation sites excluding steroid dienone is 6. The van der Waals surface area contributed by atoms with Crippen LogP contribution in [-0.2, 0) is 0 Å². The molecule has 1 saturated carbocycles. The fourth-order valence-corrected chi connectivity index (χ4v) is 2.42. The molecule has 0 nitrogen and oxygen atoms in total. The number of hydrogen-bond donors (Lipinski definition) is 0. The van der Waals surface area contributed by atoms with Gasteiger partial charge in [0.25, 0.3) is 0 Å². The molecule has 0 spiro atoms. The Labute approximate surface area is 127 Å². The molecule has 1 fully saturated rings. The molecule has 0 atom stereocenters. The van der Waals surface area contributed by atoms with Crippen LogP contribution in [0.25, 0.3) is 0 Å². The quantitative estimate of drug-likeness (QED) is 0.473. The highest BCUT2D eigenvalue weighted by molar-refractivity contribution is 5.33. The SMILES string of the molecule is C=C/C(=C\C=C(/C)C(=C)CC)C1CCCCC1.CCC. The maximum Gasteiger partial charge on any atom is -0.0162 e. The van der Waals surface area contributed by atoms with Gasteiger partial charge in [0.1, 0.15) is 0 Å². The fourth-order valence-electron chi connectivity index (χ4n) is 2.42. The molecule has 1 aliphatic rings. The van der Waals surface area contributed by atoms with Crippen LogP contribution in [0.1, 0.15) is 72.6 Å². The summed E-state index contributed by atoms with van der Waals surface area (Å²) in [6, 6.07) is 0. The molecular weight excluding hydrogens is 240 g/mol. The van der Waals surface area contributed by atoms with Crippen LogP contribution in [0.5, 0.6) is 0 Å². The molecule has 0 aromatic carbocycles. The van der Waals surface area contributed by atoms with Gasteiger partial charge in [0.15, 0.2) is 0 Å². The standard InChI is InChI=1S/C17H26.C3H8/c1-5-14(3)15(4)12-13-16(6-2)17-10-8-7-9-11-17;1-3-2/h6,12-13,17H,2-3,5,7-11H2,1,4H3;3H2,1-2H3/b15-12+,16-13+;. The van der Waals surface area contributed by atoms with E-state index in [9.17, 15) is 0 Å². The smallest absolute Gasteiger partial charge is 0.0162 e. The van der Waals surface area contributed by atoms with Gasteiger partial charge < -0.3 is 0 Å². The van der Waals surface area contributed by atoms with Crippen LogP contribution < -0.4 is 0 Å². The summed E-state index contributed by atoms with van der Waals surface area (Å²) in [6.45, 7) is 16.6. The highest BCUT2D eigenvalue weighted by Crippen LogP contribution is 2.30. The van der Waals surface area contributed by atoms with E-state index in [1.54, 1.807) is 0 Å². The predicted molar refractivity (Wildman–Crippen MR) is 94.0 cm³/mol. The number of hydrogen-bond acceptors (Lipinski definition) is 0. The summed E-state index contributed by atoms with van der Waals surface area (Å²) in [4.78, 5) is 0. The van der Waals surface area contributed by atoms with Crippen LogP contribution in [0.2, 0.25) is 0 Å². The average molecular weight is 274 g/mol. The lowest BCUT2D eigenvalue weighted by molar-refractivity contribution is 0.408. The van der Waals surface area contributed by atoms with Gasteiger partial charge in [-0.25, -0.2) is 0 Å². The molecule has 0 aromatic heterocycles. The summed E-state index contributed by atoms with van der Waals surface area (Å²) in [6.07, 6.45) is 15.6. The molecule has 114 valence electrons. The van der Waals surface area contributed by atoms with E-state index in [2.05, 4.69) is 53.0 Å². The van der Waals surface area contributed by atoms with Gasteiger partial charge >= 0.3 is 0 Å². The highest BCUT2D eigenvalue weighted by Gasteiger charge is 2.15. The van der Waals surface area contributed by atoms with Crippen molar-refractivity contribution in [2.24, 2.45) is 5.92 Å². The predicted octanol–water partition coefficient (Wildman–Crippen LogP) is 7.01. The van der Waals surface area contributed by atoms with Crippen LogP contribution in [-0.4, -0.2) is 0 Å². The van der Waals surface area contributed by atoms with E-state index in [0.29, 0.717) is 0 Å². The van der Waals surface area contributed by atoms with E-state index in [-0.39, 0.29) is 0 Å². The van der Waals surface area contributed by atoms with Gasteiger partial charge in [-0.3, -0.25) is 0 Å². The van der Waals surface area contributed by atoms with Crippen molar-refractivity contribution in [3.63, 3.8) is 0 Å². The molecule has 0 heterocycles. The van der Waals surface area contributed by atoms with Crippen molar-refractivity contribution in [2.75, 3.05) is 0 Å². The van der Waals surface area contributed by atoms with Gasteiger partial charge in [-0.05, 0) is 43.3 Å². The highest BCUT2D eigenvalue weighted by atomic mass is 14.2. The normalized spacial score (nSPS) is 17.2. The van der Waals surface area contributed by atoms with Crippen molar-refractivity contribution in [1.29, 1.82) is 0 Å². The molecule has 1 aliphatic carbocycles. The lowest BCUT2D eigenvalue weighted by Crippen LogP contribution is -2.07. The van der Waals surface area contributed by atoms with Gasteiger partial charge in [-0.15, -0.1) is 0 Å². The summed E-state index contributed by atoms with van der Waals surface area (Å²) >= 11 is 0. The minimum atomic E-state index is 0.736. The Bertz CT molecular complexity index is 335. The van der Waals surface area contributed by atoms with E-state index in [4.69, 9.17) is 0 Å². The Morgan fingerprint density at radius 1 is 1.05 bits per heavy atom. The molecule has 0 radical (unpaired) electrons. The first-order valence-electron chi connectivity index (χ1n) is 8.29. The summed E-state index contributed by atoms with van der Waals surface area (Å²) < 4.78 is 0. The Balaban J connectivity index is 0.00000110. The minimum absolute atomic E-state index is 0.736. The van der Waals surface area contributed by atoms with E-state index < -0.39 is 0 Å². The number of rotatable bonds is 5. The second-order valence-electron chi connectivity index (χ2n) is 5.72. The molecule has 0 heteroatoms. The molecule has 0 aromatic rings. The maximum absolute atomic E-state index is 4.07. The molecule has 20 heavy (non-hydrogen) atoms. The monoisotopic (exact) mass is 274 g/mol. The first-order valence-corrected chi connectivity index (χ1v) is 8.29. The third kappa shape index (κ3) is 7.53. The average Bonchev–Trinajstić information content (AvgIpc) is 2.48. The van der Waals surface area contributed by atoms with Crippen LogP contribution in [0.15, 0.2) is 48.1 Å². The second-order valence-corrected chi connectivity index (χ2v) is 5.72. The largest absolute Gasteiger partial charge is 0.0988 e. The summed E-state index contributed by atoms with van der Waals surface area (Å²) in [5.74, 6) is 0.736. The molecule has 0 unspecified atom stereocenters. The second kappa shape index (κ2) is 11.8. The van der Waals surface area contributed by atoms with E-state index >= 15 is 0 Å². The summed E-state index contributed by atoms with van der Waals surface area (Å²) in [5, 5.41) is 0. The van der Waals surface area contributed by atoms with Crippen molar-refractivity contribution in [3.05, 3.63) is 48.1 Å². The van der Waals surface area contributed by atoms with Gasteiger partial charge in [-0.2, -0.15) is 0 Å². The topological polar surface area (TPSA) is 0 Å². The fraction of sp³-hybridized carbons (Fsp3) is 0.600. The van der Waals surface area contributed by atoms with E-state index in [1.165, 1.54) is 55.2 Å². The van der Waals surface area contributed by atoms with Gasteiger partial charge in [0.2, 0.25) is 0 Å². The van der Waals surface area contributed by atoms with Crippen LogP contribution in [0, 0.1) is 5.92 Å². The Morgan fingerprint density at radius 3 is 2.05 bits per heavy atom. The molecule has 0 bridgehead atoms. The van der Waals surface area contributed by atoms with Crippen molar-refractivity contribution < 1.29 is 0 Å². The van der Waals surface area contributed by atoms with Crippen molar-refractivity contribution in [2.45, 2.75) is 72.6 Å². The van der Waals surface area contributed by atoms with E-state index in [0.717, 1.165) is 12.3 Å². The first-order chi connectivity index (χ1) is 9.60. The molecule has 0 aliphatic heterocycles. The zero-order chi connectivity index (χ0) is 15.4. The minimum Gasteiger partial charge on any atom is -0.0988 e. The third-order valence-corrected chi connectivity index (χ3v) is 3.82.